The lowest BCUT2D eigenvalue weighted by Crippen LogP contribution is -2.61. The van der Waals surface area contributed by atoms with E-state index >= 15 is 4.79 Å². The maximum atomic E-state index is 15.2. The fraction of sp³-hybridized carbons (Fsp3) is 0.475. The molecule has 3 aromatic carbocycles. The van der Waals surface area contributed by atoms with E-state index in [1.165, 1.54) is 0 Å². The van der Waals surface area contributed by atoms with Crippen LogP contribution < -0.4 is 0 Å². The van der Waals surface area contributed by atoms with Gasteiger partial charge in [0.2, 0.25) is 5.91 Å². The number of piperazine rings is 1. The number of ether oxygens (including phenoxy) is 1. The van der Waals surface area contributed by atoms with E-state index in [0.29, 0.717) is 67.6 Å². The summed E-state index contributed by atoms with van der Waals surface area (Å²) in [7, 11) is -0.541. The number of rotatable bonds is 9. The lowest BCUT2D eigenvalue weighted by Gasteiger charge is -2.47. The minimum Gasteiger partial charge on any atom is -0.432 e. The first-order valence-electron chi connectivity index (χ1n) is 17.7. The average molecular weight is 752 g/mol. The van der Waals surface area contributed by atoms with Crippen LogP contribution in [0.4, 0.5) is 4.79 Å². The third-order valence-electron chi connectivity index (χ3n) is 10.5. The van der Waals surface area contributed by atoms with E-state index in [9.17, 15) is 9.59 Å². The maximum Gasteiger partial charge on any atom is 0.326 e. The van der Waals surface area contributed by atoms with Crippen LogP contribution in [-0.4, -0.2) is 78.9 Å². The molecule has 0 aliphatic carbocycles. The van der Waals surface area contributed by atoms with Crippen molar-refractivity contribution in [2.45, 2.75) is 89.7 Å². The first kappa shape index (κ1) is 39.0. The second-order valence-corrected chi connectivity index (χ2v) is 20.8. The van der Waals surface area contributed by atoms with Crippen molar-refractivity contribution < 1.29 is 19.1 Å². The molecule has 0 spiro atoms. The summed E-state index contributed by atoms with van der Waals surface area (Å²) in [4.78, 5) is 49.7. The lowest BCUT2D eigenvalue weighted by molar-refractivity contribution is -0.132. The van der Waals surface area contributed by atoms with Gasteiger partial charge in [-0.05, 0) is 91.3 Å². The van der Waals surface area contributed by atoms with Gasteiger partial charge in [-0.2, -0.15) is 0 Å². The van der Waals surface area contributed by atoms with Crippen LogP contribution in [0.2, 0.25) is 29.2 Å². The Hall–Kier alpha value is -3.21. The monoisotopic (exact) mass is 750 g/mol. The number of urea groups is 1. The van der Waals surface area contributed by atoms with E-state index in [-0.39, 0.29) is 17.4 Å². The number of aliphatic imine (C=N–C) groups is 1. The lowest BCUT2D eigenvalue weighted by atomic mass is 9.71. The molecule has 0 unspecified atom stereocenters. The summed E-state index contributed by atoms with van der Waals surface area (Å²) in [6.07, 6.45) is 1.07. The number of amidine groups is 1. The smallest absolute Gasteiger partial charge is 0.326 e. The van der Waals surface area contributed by atoms with Gasteiger partial charge < -0.3 is 19.3 Å². The van der Waals surface area contributed by atoms with E-state index in [2.05, 4.69) is 52.8 Å². The molecular weight excluding hydrogens is 699 g/mol. The average Bonchev–Trinajstić information content (AvgIpc) is 3.32. The van der Waals surface area contributed by atoms with Crippen LogP contribution in [0, 0.1) is 0 Å². The summed E-state index contributed by atoms with van der Waals surface area (Å²) < 4.78 is 5.74. The second kappa shape index (κ2) is 15.0. The Bertz CT molecular complexity index is 1760. The maximum absolute atomic E-state index is 15.2. The third kappa shape index (κ3) is 8.08. The van der Waals surface area contributed by atoms with Crippen molar-refractivity contribution in [2.75, 3.05) is 33.3 Å². The quantitative estimate of drug-likeness (QED) is 0.222. The van der Waals surface area contributed by atoms with Gasteiger partial charge in [0.1, 0.15) is 16.9 Å². The highest BCUT2D eigenvalue weighted by atomic mass is 35.5. The molecule has 3 amide bonds. The van der Waals surface area contributed by atoms with Crippen LogP contribution in [0.5, 0.6) is 0 Å². The Kier molecular flexibility index (Phi) is 11.5. The van der Waals surface area contributed by atoms with Crippen molar-refractivity contribution in [1.82, 2.24) is 14.7 Å². The molecule has 5 rings (SSSR count). The Morgan fingerprint density at radius 1 is 0.882 bits per heavy atom. The molecule has 11 heteroatoms. The van der Waals surface area contributed by atoms with E-state index in [1.807, 2.05) is 76.3 Å². The van der Waals surface area contributed by atoms with Gasteiger partial charge in [0.05, 0.1) is 6.61 Å². The molecule has 2 aliphatic heterocycles. The molecule has 2 aliphatic rings. The zero-order chi connectivity index (χ0) is 37.4. The zero-order valence-corrected chi connectivity index (χ0v) is 33.7. The minimum atomic E-state index is -2.22. The summed E-state index contributed by atoms with van der Waals surface area (Å²) in [5, 5.41) is 1.21. The molecule has 0 radical (unpaired) electrons. The zero-order valence-electron chi connectivity index (χ0n) is 31.2. The molecular formula is C40H52Cl2N4O4Si. The van der Waals surface area contributed by atoms with Crippen LogP contribution in [0.3, 0.4) is 0 Å². The van der Waals surface area contributed by atoms with Gasteiger partial charge in [0, 0.05) is 55.3 Å². The van der Waals surface area contributed by atoms with Gasteiger partial charge in [-0.15, -0.1) is 0 Å². The van der Waals surface area contributed by atoms with E-state index < -0.39 is 19.4 Å². The van der Waals surface area contributed by atoms with Crippen LogP contribution in [-0.2, 0) is 32.6 Å². The van der Waals surface area contributed by atoms with Gasteiger partial charge in [-0.3, -0.25) is 14.7 Å². The summed E-state index contributed by atoms with van der Waals surface area (Å²) in [5.41, 5.74) is 2.62. The Morgan fingerprint density at radius 2 is 1.43 bits per heavy atom. The van der Waals surface area contributed by atoms with Gasteiger partial charge >= 0.3 is 6.03 Å². The molecule has 0 bridgehead atoms. The number of methoxy groups -OCH3 is 1. The van der Waals surface area contributed by atoms with E-state index in [1.54, 1.807) is 7.11 Å². The largest absolute Gasteiger partial charge is 0.432 e. The van der Waals surface area contributed by atoms with Crippen LogP contribution >= 0.6 is 23.2 Å². The molecule has 1 fully saturated rings. The van der Waals surface area contributed by atoms with Crippen molar-refractivity contribution in [1.29, 1.82) is 0 Å². The fourth-order valence-electron chi connectivity index (χ4n) is 7.24. The highest BCUT2D eigenvalue weighted by Crippen LogP contribution is 2.53. The number of carbonyl (C=O) groups excluding carboxylic acids is 2. The first-order chi connectivity index (χ1) is 23.9. The Morgan fingerprint density at radius 3 is 1.96 bits per heavy atom. The highest BCUT2D eigenvalue weighted by Gasteiger charge is 2.60. The van der Waals surface area contributed by atoms with Gasteiger partial charge in [-0.1, -0.05) is 86.4 Å². The summed E-state index contributed by atoms with van der Waals surface area (Å²) in [5.74, 6) is 0.616. The number of amides is 3. The number of nitrogens with zero attached hydrogens (tertiary/aromatic N) is 4. The molecule has 274 valence electrons. The van der Waals surface area contributed by atoms with E-state index in [4.69, 9.17) is 32.9 Å². The Balaban J connectivity index is 1.61. The number of benzene rings is 3. The number of carbonyl (C=O) groups is 2. The fourth-order valence-corrected chi connectivity index (χ4v) is 8.53. The molecule has 8 nitrogen and oxygen atoms in total. The second-order valence-electron chi connectivity index (χ2n) is 15.8. The summed E-state index contributed by atoms with van der Waals surface area (Å²) in [6.45, 7) is 16.5. The van der Waals surface area contributed by atoms with Crippen LogP contribution in [0.1, 0.15) is 75.3 Å². The van der Waals surface area contributed by atoms with Gasteiger partial charge in [0.25, 0.3) is 0 Å². The van der Waals surface area contributed by atoms with E-state index in [0.717, 1.165) is 27.8 Å². The standard InChI is InChI=1S/C40H52Cl2N4O4Si/c1-38(2,3)31-15-20-34(28(26-31)27-50-6)36-43-39(4,29-11-16-32(41)17-12-29)40(5,30-13-18-33(42)19-14-30)46(36)37(48)45-23-21-44(22-24-45)35(47)10-9-25-51(7,8)49/h11-20,26,49H,9-10,21-25,27H2,1-8H3/t39-,40+/m0/s1. The number of halogens is 2. The van der Waals surface area contributed by atoms with Crippen molar-refractivity contribution in [2.24, 2.45) is 4.99 Å². The minimum absolute atomic E-state index is 0.0632. The van der Waals surface area contributed by atoms with Crippen LogP contribution in [0.15, 0.2) is 71.7 Å². The first-order valence-corrected chi connectivity index (χ1v) is 21.6. The van der Waals surface area contributed by atoms with Gasteiger partial charge in [0.15, 0.2) is 8.32 Å². The van der Waals surface area contributed by atoms with Crippen molar-refractivity contribution in [3.8, 4) is 0 Å². The van der Waals surface area contributed by atoms with Gasteiger partial charge in [-0.25, -0.2) is 4.79 Å². The third-order valence-corrected chi connectivity index (χ3v) is 12.6. The predicted molar refractivity (Wildman–Crippen MR) is 209 cm³/mol. The topological polar surface area (TPSA) is 85.7 Å². The number of hydrogen-bond donors (Lipinski definition) is 1. The number of hydrogen-bond acceptors (Lipinski definition) is 5. The Labute approximate surface area is 314 Å². The summed E-state index contributed by atoms with van der Waals surface area (Å²) in [6, 6.07) is 22.2. The van der Waals surface area contributed by atoms with Crippen molar-refractivity contribution >= 4 is 49.3 Å². The molecule has 0 aromatic heterocycles. The van der Waals surface area contributed by atoms with Crippen molar-refractivity contribution in [3.05, 3.63) is 105 Å². The molecule has 3 aromatic rings. The molecule has 1 N–H and O–H groups in total. The molecule has 51 heavy (non-hydrogen) atoms. The normalized spacial score (nSPS) is 21.2. The predicted octanol–water partition coefficient (Wildman–Crippen LogP) is 8.57. The highest BCUT2D eigenvalue weighted by molar-refractivity contribution is 6.69. The van der Waals surface area contributed by atoms with Crippen molar-refractivity contribution in [3.63, 3.8) is 0 Å². The molecule has 2 atom stereocenters. The molecule has 1 saturated heterocycles. The molecule has 2 heterocycles. The summed E-state index contributed by atoms with van der Waals surface area (Å²) >= 11 is 12.8. The van der Waals surface area contributed by atoms with Crippen LogP contribution in [0.25, 0.3) is 0 Å². The SMILES string of the molecule is COCc1cc(C(C)(C)C)ccc1C1=N[C@@](C)(c2ccc(Cl)cc2)[C@@](C)(c2ccc(Cl)cc2)N1C(=O)N1CCN(C(=O)CCC[Si](C)(C)O)CC1. The molecule has 0 saturated carbocycles.